The van der Waals surface area contributed by atoms with Gasteiger partial charge in [-0.15, -0.1) is 0 Å². The van der Waals surface area contributed by atoms with E-state index in [1.807, 2.05) is 0 Å². The van der Waals surface area contributed by atoms with E-state index in [1.165, 1.54) is 12.0 Å². The highest BCUT2D eigenvalue weighted by Crippen LogP contribution is 2.27. The van der Waals surface area contributed by atoms with E-state index in [4.69, 9.17) is 15.2 Å². The fraction of sp³-hybridized carbons (Fsp3) is 0.600. The molecule has 0 bridgehead atoms. The smallest absolute Gasteiger partial charge is 0.122 e. The summed E-state index contributed by atoms with van der Waals surface area (Å²) in [6.07, 6.45) is 5.06. The summed E-state index contributed by atoms with van der Waals surface area (Å²) in [7, 11) is 1.79. The van der Waals surface area contributed by atoms with E-state index in [2.05, 4.69) is 25.1 Å². The minimum Gasteiger partial charge on any atom is -0.490 e. The molecule has 18 heavy (non-hydrogen) atoms. The van der Waals surface area contributed by atoms with Gasteiger partial charge in [-0.05, 0) is 43.4 Å². The van der Waals surface area contributed by atoms with Crippen LogP contribution >= 0.6 is 0 Å². The molecular formula is C15H23NO2. The van der Waals surface area contributed by atoms with Gasteiger partial charge in [-0.2, -0.15) is 0 Å². The Morgan fingerprint density at radius 3 is 2.78 bits per heavy atom. The van der Waals surface area contributed by atoms with Gasteiger partial charge in [-0.3, -0.25) is 0 Å². The summed E-state index contributed by atoms with van der Waals surface area (Å²) in [6.45, 7) is 2.63. The van der Waals surface area contributed by atoms with Crippen LogP contribution in [-0.2, 0) is 11.3 Å². The molecule has 2 N–H and O–H groups in total. The average Bonchev–Trinajstić information content (AvgIpc) is 2.41. The predicted octanol–water partition coefficient (Wildman–Crippen LogP) is 2.79. The first kappa shape index (κ1) is 13.4. The van der Waals surface area contributed by atoms with Crippen LogP contribution in [0.4, 0.5) is 0 Å². The van der Waals surface area contributed by atoms with Crippen LogP contribution in [0.5, 0.6) is 5.75 Å². The van der Waals surface area contributed by atoms with Crippen molar-refractivity contribution in [1.82, 2.24) is 0 Å². The fourth-order valence-corrected chi connectivity index (χ4v) is 2.50. The maximum Gasteiger partial charge on any atom is 0.122 e. The lowest BCUT2D eigenvalue weighted by Gasteiger charge is -2.29. The molecule has 3 heteroatoms. The number of rotatable bonds is 4. The zero-order valence-corrected chi connectivity index (χ0v) is 11.3. The number of hydrogen-bond donors (Lipinski definition) is 1. The van der Waals surface area contributed by atoms with Gasteiger partial charge < -0.3 is 15.2 Å². The molecule has 0 amide bonds. The second-order valence-corrected chi connectivity index (χ2v) is 5.07. The summed E-state index contributed by atoms with van der Waals surface area (Å²) < 4.78 is 11.6. The average molecular weight is 249 g/mol. The normalized spacial score (nSPS) is 23.9. The van der Waals surface area contributed by atoms with Crippen LogP contribution < -0.4 is 10.5 Å². The first-order valence-corrected chi connectivity index (χ1v) is 6.72. The van der Waals surface area contributed by atoms with Gasteiger partial charge in [0.1, 0.15) is 11.9 Å². The van der Waals surface area contributed by atoms with Crippen LogP contribution in [0.3, 0.4) is 0 Å². The van der Waals surface area contributed by atoms with Crippen molar-refractivity contribution in [3.05, 3.63) is 29.3 Å². The molecule has 0 heterocycles. The lowest BCUT2D eigenvalue weighted by molar-refractivity contribution is 0.0207. The monoisotopic (exact) mass is 249 g/mol. The number of hydrogen-bond acceptors (Lipinski definition) is 3. The van der Waals surface area contributed by atoms with Crippen LogP contribution in [0.15, 0.2) is 18.2 Å². The predicted molar refractivity (Wildman–Crippen MR) is 72.8 cm³/mol. The number of nitrogens with two attached hydrogens (primary N) is 1. The largest absolute Gasteiger partial charge is 0.490 e. The van der Waals surface area contributed by atoms with Crippen LogP contribution in [0.2, 0.25) is 0 Å². The van der Waals surface area contributed by atoms with E-state index in [1.54, 1.807) is 7.11 Å². The third-order valence-corrected chi connectivity index (χ3v) is 3.69. The van der Waals surface area contributed by atoms with E-state index in [-0.39, 0.29) is 6.10 Å². The molecule has 100 valence electrons. The molecule has 2 atom stereocenters. The summed E-state index contributed by atoms with van der Waals surface area (Å²) in [5.41, 5.74) is 7.96. The molecule has 0 saturated heterocycles. The van der Waals surface area contributed by atoms with Crippen molar-refractivity contribution in [2.24, 2.45) is 5.73 Å². The number of benzene rings is 1. The zero-order chi connectivity index (χ0) is 13.0. The molecule has 1 aromatic rings. The first-order valence-electron chi connectivity index (χ1n) is 6.72. The molecule has 1 fully saturated rings. The Morgan fingerprint density at radius 1 is 1.28 bits per heavy atom. The van der Waals surface area contributed by atoms with Gasteiger partial charge in [0.05, 0.1) is 6.10 Å². The highest BCUT2D eigenvalue weighted by molar-refractivity contribution is 5.36. The molecule has 0 aromatic heterocycles. The molecule has 3 nitrogen and oxygen atoms in total. The summed E-state index contributed by atoms with van der Waals surface area (Å²) in [6, 6.07) is 6.20. The minimum absolute atomic E-state index is 0.274. The Bertz CT molecular complexity index is 392. The molecule has 1 saturated carbocycles. The fourth-order valence-electron chi connectivity index (χ4n) is 2.50. The van der Waals surface area contributed by atoms with E-state index < -0.39 is 0 Å². The molecule has 0 radical (unpaired) electrons. The highest BCUT2D eigenvalue weighted by atomic mass is 16.5. The van der Waals surface area contributed by atoms with Crippen molar-refractivity contribution >= 4 is 0 Å². The van der Waals surface area contributed by atoms with E-state index >= 15 is 0 Å². The van der Waals surface area contributed by atoms with E-state index in [0.29, 0.717) is 12.6 Å². The van der Waals surface area contributed by atoms with E-state index in [9.17, 15) is 0 Å². The maximum absolute atomic E-state index is 6.13. The van der Waals surface area contributed by atoms with Crippen LogP contribution in [-0.4, -0.2) is 19.3 Å². The Kier molecular flexibility index (Phi) is 4.61. The van der Waals surface area contributed by atoms with Crippen LogP contribution in [0.1, 0.15) is 36.8 Å². The molecule has 1 aliphatic rings. The van der Waals surface area contributed by atoms with Gasteiger partial charge in [-0.1, -0.05) is 12.1 Å². The lowest BCUT2D eigenvalue weighted by Crippen LogP contribution is -2.29. The summed E-state index contributed by atoms with van der Waals surface area (Å²) in [5.74, 6) is 0.972. The Labute approximate surface area is 109 Å². The van der Waals surface area contributed by atoms with Crippen molar-refractivity contribution < 1.29 is 9.47 Å². The van der Waals surface area contributed by atoms with Gasteiger partial charge in [0.15, 0.2) is 0 Å². The molecule has 1 aliphatic carbocycles. The van der Waals surface area contributed by atoms with Crippen molar-refractivity contribution in [3.8, 4) is 5.75 Å². The van der Waals surface area contributed by atoms with Crippen LogP contribution in [0.25, 0.3) is 0 Å². The van der Waals surface area contributed by atoms with Gasteiger partial charge in [0.25, 0.3) is 0 Å². The standard InChI is InChI=1S/C15H23NO2/c1-11-6-7-12(10-16)8-15(11)18-14-5-3-4-13(9-14)17-2/h6-8,13-14H,3-5,9-10,16H2,1-2H3. The molecule has 1 aromatic carbocycles. The van der Waals surface area contributed by atoms with Crippen molar-refractivity contribution in [2.45, 2.75) is 51.4 Å². The molecule has 2 rings (SSSR count). The molecule has 0 spiro atoms. The zero-order valence-electron chi connectivity index (χ0n) is 11.3. The van der Waals surface area contributed by atoms with Crippen LogP contribution in [0, 0.1) is 6.92 Å². The third kappa shape index (κ3) is 3.24. The Balaban J connectivity index is 2.04. The number of methoxy groups -OCH3 is 1. The quantitative estimate of drug-likeness (QED) is 0.892. The van der Waals surface area contributed by atoms with Gasteiger partial charge in [0.2, 0.25) is 0 Å². The SMILES string of the molecule is COC1CCCC(Oc2cc(CN)ccc2C)C1. The Morgan fingerprint density at radius 2 is 2.06 bits per heavy atom. The lowest BCUT2D eigenvalue weighted by atomic mass is 9.95. The minimum atomic E-state index is 0.274. The molecule has 2 unspecified atom stereocenters. The van der Waals surface area contributed by atoms with Gasteiger partial charge in [-0.25, -0.2) is 0 Å². The summed E-state index contributed by atoms with van der Waals surface area (Å²) in [5, 5.41) is 0. The molecular weight excluding hydrogens is 226 g/mol. The number of aryl methyl sites for hydroxylation is 1. The van der Waals surface area contributed by atoms with Crippen molar-refractivity contribution in [1.29, 1.82) is 0 Å². The maximum atomic E-state index is 6.13. The molecule has 0 aliphatic heterocycles. The van der Waals surface area contributed by atoms with Crippen molar-refractivity contribution in [2.75, 3.05) is 7.11 Å². The second-order valence-electron chi connectivity index (χ2n) is 5.07. The first-order chi connectivity index (χ1) is 8.72. The van der Waals surface area contributed by atoms with Gasteiger partial charge >= 0.3 is 0 Å². The third-order valence-electron chi connectivity index (χ3n) is 3.69. The second kappa shape index (κ2) is 6.21. The van der Waals surface area contributed by atoms with Crippen molar-refractivity contribution in [3.63, 3.8) is 0 Å². The Hall–Kier alpha value is -1.06. The van der Waals surface area contributed by atoms with E-state index in [0.717, 1.165) is 30.6 Å². The summed E-state index contributed by atoms with van der Waals surface area (Å²) in [4.78, 5) is 0. The number of ether oxygens (including phenoxy) is 2. The summed E-state index contributed by atoms with van der Waals surface area (Å²) >= 11 is 0. The van der Waals surface area contributed by atoms with Gasteiger partial charge in [0, 0.05) is 20.1 Å². The topological polar surface area (TPSA) is 44.5 Å². The highest BCUT2D eigenvalue weighted by Gasteiger charge is 2.23.